The third kappa shape index (κ3) is 2.19. The smallest absolute Gasteiger partial charge is 0.245 e. The van der Waals surface area contributed by atoms with E-state index in [0.29, 0.717) is 16.9 Å². The number of benzene rings is 1. The van der Waals surface area contributed by atoms with Gasteiger partial charge in [0.05, 0.1) is 10.2 Å². The Morgan fingerprint density at radius 3 is 3.06 bits per heavy atom. The van der Waals surface area contributed by atoms with E-state index in [2.05, 4.69) is 11.6 Å². The van der Waals surface area contributed by atoms with Crippen molar-refractivity contribution in [1.29, 1.82) is 0 Å². The standard InChI is InChI=1S/C12H11FN2OS/c1-3-7-15-11-9(13)5-4-6-10(11)17-12(15)14-8(2)16/h3-6H,1,7H2,2H3. The van der Waals surface area contributed by atoms with Crippen LogP contribution in [0.3, 0.4) is 0 Å². The van der Waals surface area contributed by atoms with Crippen LogP contribution in [0.25, 0.3) is 10.2 Å². The first-order valence-corrected chi connectivity index (χ1v) is 5.89. The van der Waals surface area contributed by atoms with E-state index in [9.17, 15) is 9.18 Å². The van der Waals surface area contributed by atoms with Gasteiger partial charge in [0.1, 0.15) is 5.82 Å². The zero-order chi connectivity index (χ0) is 12.4. The van der Waals surface area contributed by atoms with Crippen molar-refractivity contribution >= 4 is 27.5 Å². The van der Waals surface area contributed by atoms with Crippen LogP contribution >= 0.6 is 11.3 Å². The molecular formula is C12H11FN2OS. The maximum atomic E-state index is 13.7. The average Bonchev–Trinajstić information content (AvgIpc) is 2.58. The lowest BCUT2D eigenvalue weighted by Crippen LogP contribution is -2.15. The Labute approximate surface area is 102 Å². The van der Waals surface area contributed by atoms with E-state index in [1.165, 1.54) is 24.3 Å². The van der Waals surface area contributed by atoms with Crippen molar-refractivity contribution in [3.05, 3.63) is 41.5 Å². The van der Waals surface area contributed by atoms with Crippen molar-refractivity contribution in [1.82, 2.24) is 4.57 Å². The number of fused-ring (bicyclic) bond motifs is 1. The topological polar surface area (TPSA) is 34.4 Å². The normalized spacial score (nSPS) is 12.0. The molecule has 3 nitrogen and oxygen atoms in total. The van der Waals surface area contributed by atoms with Crippen LogP contribution in [-0.2, 0) is 11.3 Å². The number of carbonyl (C=O) groups is 1. The van der Waals surface area contributed by atoms with E-state index < -0.39 is 0 Å². The van der Waals surface area contributed by atoms with Gasteiger partial charge in [-0.15, -0.1) is 6.58 Å². The van der Waals surface area contributed by atoms with Crippen LogP contribution in [0.5, 0.6) is 0 Å². The maximum Gasteiger partial charge on any atom is 0.245 e. The summed E-state index contributed by atoms with van der Waals surface area (Å²) < 4.78 is 16.2. The second-order valence-corrected chi connectivity index (χ2v) is 4.51. The fourth-order valence-electron chi connectivity index (χ4n) is 1.61. The molecule has 1 aromatic carbocycles. The monoisotopic (exact) mass is 250 g/mol. The Kier molecular flexibility index (Phi) is 3.19. The number of aromatic nitrogens is 1. The van der Waals surface area contributed by atoms with Crippen molar-refractivity contribution in [3.63, 3.8) is 0 Å². The molecule has 2 aromatic rings. The molecule has 1 aromatic heterocycles. The summed E-state index contributed by atoms with van der Waals surface area (Å²) in [6, 6.07) is 4.85. The van der Waals surface area contributed by atoms with Gasteiger partial charge in [-0.1, -0.05) is 23.5 Å². The Balaban J connectivity index is 2.85. The van der Waals surface area contributed by atoms with Crippen LogP contribution < -0.4 is 4.80 Å². The first kappa shape index (κ1) is 11.7. The van der Waals surface area contributed by atoms with Gasteiger partial charge in [0.15, 0.2) is 4.80 Å². The van der Waals surface area contributed by atoms with Gasteiger partial charge in [0, 0.05) is 13.5 Å². The molecular weight excluding hydrogens is 239 g/mol. The molecule has 17 heavy (non-hydrogen) atoms. The number of nitrogens with zero attached hydrogens (tertiary/aromatic N) is 2. The molecule has 0 aliphatic heterocycles. The molecule has 88 valence electrons. The maximum absolute atomic E-state index is 13.7. The first-order chi connectivity index (χ1) is 8.13. The number of allylic oxidation sites excluding steroid dienone is 1. The van der Waals surface area contributed by atoms with Crippen molar-refractivity contribution in [2.45, 2.75) is 13.5 Å². The highest BCUT2D eigenvalue weighted by molar-refractivity contribution is 7.16. The van der Waals surface area contributed by atoms with Crippen molar-refractivity contribution < 1.29 is 9.18 Å². The van der Waals surface area contributed by atoms with Gasteiger partial charge in [-0.05, 0) is 12.1 Å². The molecule has 0 aliphatic carbocycles. The molecule has 1 heterocycles. The molecule has 0 atom stereocenters. The van der Waals surface area contributed by atoms with Gasteiger partial charge in [0.2, 0.25) is 5.91 Å². The number of carbonyl (C=O) groups excluding carboxylic acids is 1. The lowest BCUT2D eigenvalue weighted by Gasteiger charge is -2.01. The number of para-hydroxylation sites is 1. The SMILES string of the molecule is C=CCn1c(=NC(C)=O)sc2cccc(F)c21. The third-order valence-electron chi connectivity index (χ3n) is 2.22. The van der Waals surface area contributed by atoms with E-state index in [4.69, 9.17) is 0 Å². The number of hydrogen-bond donors (Lipinski definition) is 0. The van der Waals surface area contributed by atoms with Crippen molar-refractivity contribution in [2.24, 2.45) is 4.99 Å². The zero-order valence-corrected chi connectivity index (χ0v) is 10.1. The van der Waals surface area contributed by atoms with E-state index in [1.54, 1.807) is 16.7 Å². The molecule has 0 fully saturated rings. The molecule has 0 radical (unpaired) electrons. The quantitative estimate of drug-likeness (QED) is 0.754. The van der Waals surface area contributed by atoms with Crippen LogP contribution in [0.15, 0.2) is 35.8 Å². The second kappa shape index (κ2) is 4.63. The minimum atomic E-state index is -0.314. The number of hydrogen-bond acceptors (Lipinski definition) is 2. The van der Waals surface area contributed by atoms with Gasteiger partial charge in [-0.2, -0.15) is 4.99 Å². The average molecular weight is 250 g/mol. The predicted molar refractivity (Wildman–Crippen MR) is 66.2 cm³/mol. The fraction of sp³-hybridized carbons (Fsp3) is 0.167. The molecule has 2 rings (SSSR count). The molecule has 0 saturated heterocycles. The molecule has 0 unspecified atom stereocenters. The Morgan fingerprint density at radius 2 is 2.41 bits per heavy atom. The summed E-state index contributed by atoms with van der Waals surface area (Å²) in [5.41, 5.74) is 0.470. The zero-order valence-electron chi connectivity index (χ0n) is 9.31. The summed E-state index contributed by atoms with van der Waals surface area (Å²) in [6.45, 7) is 5.42. The minimum Gasteiger partial charge on any atom is -0.310 e. The molecule has 0 saturated carbocycles. The number of halogens is 1. The first-order valence-electron chi connectivity index (χ1n) is 5.07. The summed E-state index contributed by atoms with van der Waals surface area (Å²) >= 11 is 1.29. The third-order valence-corrected chi connectivity index (χ3v) is 3.26. The van der Waals surface area contributed by atoms with Gasteiger partial charge in [0.25, 0.3) is 0 Å². The van der Waals surface area contributed by atoms with Crippen LogP contribution in [0.4, 0.5) is 4.39 Å². The summed E-state index contributed by atoms with van der Waals surface area (Å²) in [5, 5.41) is 0. The van der Waals surface area contributed by atoms with Gasteiger partial charge < -0.3 is 4.57 Å². The minimum absolute atomic E-state index is 0.297. The fourth-order valence-corrected chi connectivity index (χ4v) is 2.70. The van der Waals surface area contributed by atoms with Crippen molar-refractivity contribution in [3.8, 4) is 0 Å². The van der Waals surface area contributed by atoms with E-state index in [0.717, 1.165) is 4.70 Å². The largest absolute Gasteiger partial charge is 0.310 e. The molecule has 0 aliphatic rings. The molecule has 1 amide bonds. The molecule has 5 heteroatoms. The molecule has 0 N–H and O–H groups in total. The van der Waals surface area contributed by atoms with Crippen LogP contribution in [0.1, 0.15) is 6.92 Å². The Hall–Kier alpha value is -1.75. The Morgan fingerprint density at radius 1 is 1.65 bits per heavy atom. The van der Waals surface area contributed by atoms with E-state index >= 15 is 0 Å². The lowest BCUT2D eigenvalue weighted by molar-refractivity contribution is -0.116. The number of rotatable bonds is 2. The predicted octanol–water partition coefficient (Wildman–Crippen LogP) is 2.48. The number of thiazole rings is 1. The highest BCUT2D eigenvalue weighted by Crippen LogP contribution is 2.20. The van der Waals surface area contributed by atoms with Crippen LogP contribution in [-0.4, -0.2) is 10.5 Å². The second-order valence-electron chi connectivity index (χ2n) is 3.50. The summed E-state index contributed by atoms with van der Waals surface area (Å²) in [4.78, 5) is 15.4. The lowest BCUT2D eigenvalue weighted by atomic mass is 10.3. The summed E-state index contributed by atoms with van der Waals surface area (Å²) in [7, 11) is 0. The van der Waals surface area contributed by atoms with E-state index in [1.807, 2.05) is 6.07 Å². The molecule has 0 spiro atoms. The Bertz CT molecular complexity index is 654. The summed E-state index contributed by atoms with van der Waals surface area (Å²) in [6.07, 6.45) is 1.65. The van der Waals surface area contributed by atoms with Gasteiger partial charge >= 0.3 is 0 Å². The van der Waals surface area contributed by atoms with Gasteiger partial charge in [-0.25, -0.2) is 4.39 Å². The summed E-state index contributed by atoms with van der Waals surface area (Å²) in [5.74, 6) is -0.611. The highest BCUT2D eigenvalue weighted by Gasteiger charge is 2.09. The van der Waals surface area contributed by atoms with Crippen LogP contribution in [0, 0.1) is 5.82 Å². The highest BCUT2D eigenvalue weighted by atomic mass is 32.1. The molecule has 0 bridgehead atoms. The van der Waals surface area contributed by atoms with E-state index in [-0.39, 0.29) is 11.7 Å². The van der Waals surface area contributed by atoms with Gasteiger partial charge in [-0.3, -0.25) is 4.79 Å². The number of amides is 1. The van der Waals surface area contributed by atoms with Crippen molar-refractivity contribution in [2.75, 3.05) is 0 Å². The van der Waals surface area contributed by atoms with Crippen LogP contribution in [0.2, 0.25) is 0 Å².